The van der Waals surface area contributed by atoms with Crippen LogP contribution in [-0.4, -0.2) is 24.7 Å². The molecule has 0 amide bonds. The van der Waals surface area contributed by atoms with Gasteiger partial charge < -0.3 is 10.1 Å². The van der Waals surface area contributed by atoms with Crippen molar-refractivity contribution in [3.05, 3.63) is 28.2 Å². The summed E-state index contributed by atoms with van der Waals surface area (Å²) >= 11 is 5.63. The van der Waals surface area contributed by atoms with E-state index in [0.717, 1.165) is 22.0 Å². The molecule has 1 saturated heterocycles. The van der Waals surface area contributed by atoms with Crippen LogP contribution in [0.2, 0.25) is 0 Å². The molecule has 0 aromatic heterocycles. The summed E-state index contributed by atoms with van der Waals surface area (Å²) in [5.74, 6) is 2.21. The Labute approximate surface area is 122 Å². The average Bonchev–Trinajstić information content (AvgIpc) is 2.89. The fraction of sp³-hybridized carbons (Fsp3) is 0.571. The van der Waals surface area contributed by atoms with Crippen molar-refractivity contribution in [2.24, 2.45) is 0 Å². The van der Waals surface area contributed by atoms with Gasteiger partial charge in [0.05, 0.1) is 11.6 Å². The number of hydrogen-bond donors (Lipinski definition) is 1. The van der Waals surface area contributed by atoms with Crippen molar-refractivity contribution in [2.45, 2.75) is 31.1 Å². The van der Waals surface area contributed by atoms with E-state index in [0.29, 0.717) is 6.04 Å². The fourth-order valence-corrected chi connectivity index (χ4v) is 3.96. The van der Waals surface area contributed by atoms with E-state index in [4.69, 9.17) is 4.74 Å². The monoisotopic (exact) mass is 329 g/mol. The van der Waals surface area contributed by atoms with E-state index in [1.807, 2.05) is 6.07 Å². The van der Waals surface area contributed by atoms with Gasteiger partial charge in [0.25, 0.3) is 0 Å². The molecule has 2 nitrogen and oxygen atoms in total. The highest BCUT2D eigenvalue weighted by atomic mass is 79.9. The van der Waals surface area contributed by atoms with Gasteiger partial charge in [0.1, 0.15) is 5.75 Å². The van der Waals surface area contributed by atoms with Gasteiger partial charge in [-0.05, 0) is 59.1 Å². The van der Waals surface area contributed by atoms with Crippen LogP contribution in [0.3, 0.4) is 0 Å². The first-order valence-electron chi connectivity index (χ1n) is 6.39. The van der Waals surface area contributed by atoms with E-state index in [9.17, 15) is 0 Å². The number of ether oxygens (including phenoxy) is 1. The van der Waals surface area contributed by atoms with Crippen LogP contribution >= 0.6 is 27.7 Å². The molecule has 1 aromatic carbocycles. The number of methoxy groups -OCH3 is 1. The fourth-order valence-electron chi connectivity index (χ4n) is 2.18. The molecule has 1 aromatic rings. The molecule has 2 rings (SSSR count). The molecule has 0 saturated carbocycles. The summed E-state index contributed by atoms with van der Waals surface area (Å²) in [6.45, 7) is 3.32. The van der Waals surface area contributed by atoms with Crippen LogP contribution in [0.4, 0.5) is 0 Å². The van der Waals surface area contributed by atoms with Crippen LogP contribution in [0, 0.1) is 0 Å². The van der Waals surface area contributed by atoms with Gasteiger partial charge in [-0.25, -0.2) is 0 Å². The normalized spacial score (nSPS) is 20.9. The summed E-state index contributed by atoms with van der Waals surface area (Å²) in [6, 6.07) is 6.66. The average molecular weight is 330 g/mol. The Bertz CT molecular complexity index is 393. The van der Waals surface area contributed by atoms with Crippen LogP contribution in [0.25, 0.3) is 0 Å². The van der Waals surface area contributed by atoms with E-state index < -0.39 is 0 Å². The highest BCUT2D eigenvalue weighted by Crippen LogP contribution is 2.29. The lowest BCUT2D eigenvalue weighted by molar-refractivity contribution is 0.411. The minimum Gasteiger partial charge on any atom is -0.496 e. The van der Waals surface area contributed by atoms with E-state index >= 15 is 0 Å². The lowest BCUT2D eigenvalue weighted by Gasteiger charge is -2.18. The molecular weight excluding hydrogens is 310 g/mol. The summed E-state index contributed by atoms with van der Waals surface area (Å²) < 4.78 is 6.27. The van der Waals surface area contributed by atoms with Crippen molar-refractivity contribution in [3.63, 3.8) is 0 Å². The Morgan fingerprint density at radius 3 is 3.00 bits per heavy atom. The van der Waals surface area contributed by atoms with Crippen molar-refractivity contribution >= 4 is 27.7 Å². The second-order valence-corrected chi connectivity index (χ2v) is 6.92. The number of rotatable bonds is 5. The number of halogens is 1. The molecule has 1 aliphatic rings. The van der Waals surface area contributed by atoms with Gasteiger partial charge in [0.15, 0.2) is 0 Å². The van der Waals surface area contributed by atoms with Gasteiger partial charge in [-0.3, -0.25) is 0 Å². The molecule has 1 heterocycles. The molecule has 0 spiro atoms. The number of hydrogen-bond acceptors (Lipinski definition) is 3. The molecule has 1 fully saturated rings. The SMILES string of the molecule is COc1ccc(C(C)NCC2CCCS2)cc1Br. The van der Waals surface area contributed by atoms with E-state index in [-0.39, 0.29) is 0 Å². The van der Waals surface area contributed by atoms with Crippen LogP contribution < -0.4 is 10.1 Å². The van der Waals surface area contributed by atoms with Crippen molar-refractivity contribution in [1.29, 1.82) is 0 Å². The third kappa shape index (κ3) is 3.65. The summed E-state index contributed by atoms with van der Waals surface area (Å²) in [7, 11) is 1.69. The molecule has 2 atom stereocenters. The molecule has 18 heavy (non-hydrogen) atoms. The van der Waals surface area contributed by atoms with Gasteiger partial charge in [-0.2, -0.15) is 11.8 Å². The largest absolute Gasteiger partial charge is 0.496 e. The maximum atomic E-state index is 5.25. The third-order valence-corrected chi connectivity index (χ3v) is 5.37. The predicted molar refractivity (Wildman–Crippen MR) is 82.6 cm³/mol. The standard InChI is InChI=1S/C14H20BrNOS/c1-10(16-9-12-4-3-7-18-12)11-5-6-14(17-2)13(15)8-11/h5-6,8,10,12,16H,3-4,7,9H2,1-2H3. The second-order valence-electron chi connectivity index (χ2n) is 4.66. The first-order chi connectivity index (χ1) is 8.70. The summed E-state index contributed by atoms with van der Waals surface area (Å²) in [5.41, 5.74) is 1.30. The minimum absolute atomic E-state index is 0.383. The summed E-state index contributed by atoms with van der Waals surface area (Å²) in [5, 5.41) is 4.42. The topological polar surface area (TPSA) is 21.3 Å². The molecule has 100 valence electrons. The summed E-state index contributed by atoms with van der Waals surface area (Å²) in [4.78, 5) is 0. The van der Waals surface area contributed by atoms with Crippen molar-refractivity contribution in [1.82, 2.24) is 5.32 Å². The number of thioether (sulfide) groups is 1. The van der Waals surface area contributed by atoms with Crippen LogP contribution in [0.15, 0.2) is 22.7 Å². The van der Waals surface area contributed by atoms with E-state index in [1.54, 1.807) is 7.11 Å². The highest BCUT2D eigenvalue weighted by molar-refractivity contribution is 9.10. The zero-order valence-corrected chi connectivity index (χ0v) is 13.3. The third-order valence-electron chi connectivity index (χ3n) is 3.35. The Morgan fingerprint density at radius 1 is 1.56 bits per heavy atom. The minimum atomic E-state index is 0.383. The quantitative estimate of drug-likeness (QED) is 0.882. The van der Waals surface area contributed by atoms with Gasteiger partial charge >= 0.3 is 0 Å². The maximum absolute atomic E-state index is 5.25. The van der Waals surface area contributed by atoms with Gasteiger partial charge in [0, 0.05) is 17.8 Å². The molecule has 1 aliphatic heterocycles. The zero-order chi connectivity index (χ0) is 13.0. The van der Waals surface area contributed by atoms with Crippen molar-refractivity contribution < 1.29 is 4.74 Å². The molecule has 1 N–H and O–H groups in total. The van der Waals surface area contributed by atoms with E-state index in [1.165, 1.54) is 24.2 Å². The Morgan fingerprint density at radius 2 is 2.39 bits per heavy atom. The van der Waals surface area contributed by atoms with Crippen LogP contribution in [-0.2, 0) is 0 Å². The first kappa shape index (κ1) is 14.2. The molecule has 0 radical (unpaired) electrons. The molecule has 0 bridgehead atoms. The lowest BCUT2D eigenvalue weighted by atomic mass is 10.1. The first-order valence-corrected chi connectivity index (χ1v) is 8.23. The number of benzene rings is 1. The van der Waals surface area contributed by atoms with Gasteiger partial charge in [-0.15, -0.1) is 0 Å². The molecule has 4 heteroatoms. The predicted octanol–water partition coefficient (Wildman–Crippen LogP) is 4.00. The van der Waals surface area contributed by atoms with Crippen molar-refractivity contribution in [3.8, 4) is 5.75 Å². The van der Waals surface area contributed by atoms with Crippen LogP contribution in [0.5, 0.6) is 5.75 Å². The smallest absolute Gasteiger partial charge is 0.133 e. The summed E-state index contributed by atoms with van der Waals surface area (Å²) in [6.07, 6.45) is 2.73. The van der Waals surface area contributed by atoms with Gasteiger partial charge in [-0.1, -0.05) is 6.07 Å². The zero-order valence-electron chi connectivity index (χ0n) is 10.9. The number of nitrogens with one attached hydrogen (secondary N) is 1. The molecule has 0 aliphatic carbocycles. The second kappa shape index (κ2) is 6.83. The maximum Gasteiger partial charge on any atom is 0.133 e. The molecule has 2 unspecified atom stereocenters. The van der Waals surface area contributed by atoms with Gasteiger partial charge in [0.2, 0.25) is 0 Å². The lowest BCUT2D eigenvalue weighted by Crippen LogP contribution is -2.26. The van der Waals surface area contributed by atoms with E-state index in [2.05, 4.69) is 52.1 Å². The Kier molecular flexibility index (Phi) is 5.39. The Hall–Kier alpha value is -0.190. The highest BCUT2D eigenvalue weighted by Gasteiger charge is 2.16. The van der Waals surface area contributed by atoms with Crippen molar-refractivity contribution in [2.75, 3.05) is 19.4 Å². The van der Waals surface area contributed by atoms with Crippen LogP contribution in [0.1, 0.15) is 31.4 Å². The Balaban J connectivity index is 1.91. The molecular formula is C14H20BrNOS.